The summed E-state index contributed by atoms with van der Waals surface area (Å²) < 4.78 is 0. The summed E-state index contributed by atoms with van der Waals surface area (Å²) in [4.78, 5) is 42.4. The summed E-state index contributed by atoms with van der Waals surface area (Å²) in [7, 11) is 5.46. The molecule has 0 N–H and O–H groups in total. The Morgan fingerprint density at radius 1 is 1.12 bits per heavy atom. The van der Waals surface area contributed by atoms with Gasteiger partial charge in [-0.25, -0.2) is 0 Å². The maximum Gasteiger partial charge on any atom is 0.195 e. The zero-order valence-electron chi connectivity index (χ0n) is 15.3. The molecule has 24 heavy (non-hydrogen) atoms. The van der Waals surface area contributed by atoms with E-state index in [0.717, 1.165) is 6.29 Å². The molecule has 0 aromatic rings. The van der Waals surface area contributed by atoms with Gasteiger partial charge in [-0.1, -0.05) is 37.5 Å². The average molecular weight is 377 g/mol. The first-order chi connectivity index (χ1) is 11.1. The Morgan fingerprint density at radius 3 is 1.83 bits per heavy atom. The lowest BCUT2D eigenvalue weighted by Crippen LogP contribution is -2.00. The summed E-state index contributed by atoms with van der Waals surface area (Å²) >= 11 is 0. The zero-order valence-corrected chi connectivity index (χ0v) is 17.6. The van der Waals surface area contributed by atoms with Crippen LogP contribution in [0, 0.1) is 5.92 Å². The van der Waals surface area contributed by atoms with E-state index in [1.165, 1.54) is 7.11 Å². The molecule has 0 aliphatic carbocycles. The summed E-state index contributed by atoms with van der Waals surface area (Å²) in [6.07, 6.45) is 3.30. The summed E-state index contributed by atoms with van der Waals surface area (Å²) in [6, 6.07) is 0. The molecule has 2 unspecified atom stereocenters. The van der Waals surface area contributed by atoms with Crippen LogP contribution >= 0.6 is 18.5 Å². The predicted molar refractivity (Wildman–Crippen MR) is 107 cm³/mol. The largest absolute Gasteiger partial charge is 0.399 e. The Labute approximate surface area is 149 Å². The number of hydrogen-bond acceptors (Lipinski definition) is 7. The molecule has 0 rings (SSSR count). The standard InChI is InChI=1S/C6H11N2OP.C5H10O.C4H8NO2P/c1-3-7-4-8-5(2)6(9)10;1-5(2)3-4-6;1-3(4(6)8)5-7-2/h3H,4,10H2,1-2H3;4-5H,3H2,1-2H3;8H2,1-2H3/b;;5-3-. The molecule has 0 saturated carbocycles. The van der Waals surface area contributed by atoms with Crippen molar-refractivity contribution in [2.45, 2.75) is 41.0 Å². The summed E-state index contributed by atoms with van der Waals surface area (Å²) in [5, 5.41) is 3.37. The average Bonchev–Trinajstić information content (AvgIpc) is 2.48. The van der Waals surface area contributed by atoms with Crippen LogP contribution in [0.4, 0.5) is 0 Å². The van der Waals surface area contributed by atoms with Gasteiger partial charge >= 0.3 is 0 Å². The first-order valence-corrected chi connectivity index (χ1v) is 8.35. The van der Waals surface area contributed by atoms with Crippen molar-refractivity contribution in [1.82, 2.24) is 0 Å². The minimum absolute atomic E-state index is 0.0775. The fourth-order valence-electron chi connectivity index (χ4n) is 0.681. The third-order valence-corrected chi connectivity index (χ3v) is 2.92. The molecular formula is C15H29N3O4P2. The van der Waals surface area contributed by atoms with Gasteiger partial charge in [-0.05, 0) is 32.9 Å². The normalized spacial score (nSPS) is 11.2. The highest BCUT2D eigenvalue weighted by molar-refractivity contribution is 7.45. The first kappa shape index (κ1) is 27.5. The van der Waals surface area contributed by atoms with Crippen LogP contribution in [0.1, 0.15) is 41.0 Å². The molecular weight excluding hydrogens is 348 g/mol. The predicted octanol–water partition coefficient (Wildman–Crippen LogP) is 2.54. The van der Waals surface area contributed by atoms with Gasteiger partial charge in [-0.3, -0.25) is 19.6 Å². The highest BCUT2D eigenvalue weighted by Crippen LogP contribution is 1.92. The highest BCUT2D eigenvalue weighted by Gasteiger charge is 1.95. The number of carbonyl (C=O) groups is 3. The summed E-state index contributed by atoms with van der Waals surface area (Å²) in [6.45, 7) is 9.46. The van der Waals surface area contributed by atoms with E-state index in [1.807, 2.05) is 30.0 Å². The fraction of sp³-hybridized carbons (Fsp3) is 0.600. The van der Waals surface area contributed by atoms with Gasteiger partial charge in [-0.2, -0.15) is 0 Å². The molecule has 0 saturated heterocycles. The van der Waals surface area contributed by atoms with Crippen LogP contribution in [0.5, 0.6) is 0 Å². The van der Waals surface area contributed by atoms with Crippen molar-refractivity contribution in [2.75, 3.05) is 13.8 Å². The number of nitrogens with zero attached hydrogens (tertiary/aromatic N) is 3. The van der Waals surface area contributed by atoms with Crippen molar-refractivity contribution < 1.29 is 19.2 Å². The summed E-state index contributed by atoms with van der Waals surface area (Å²) in [5.74, 6) is 0.530. The van der Waals surface area contributed by atoms with Gasteiger partial charge in [0.05, 0.1) is 5.71 Å². The molecule has 0 aliphatic heterocycles. The molecule has 0 aromatic heterocycles. The molecule has 0 fully saturated rings. The second kappa shape index (κ2) is 19.7. The van der Waals surface area contributed by atoms with Crippen LogP contribution < -0.4 is 0 Å². The molecule has 0 radical (unpaired) electrons. The minimum atomic E-state index is -0.146. The second-order valence-electron chi connectivity index (χ2n) is 4.71. The lowest BCUT2D eigenvalue weighted by molar-refractivity contribution is -0.108. The second-order valence-corrected chi connectivity index (χ2v) is 5.76. The lowest BCUT2D eigenvalue weighted by Gasteiger charge is -1.89. The van der Waals surface area contributed by atoms with Crippen molar-refractivity contribution in [1.29, 1.82) is 0 Å². The Bertz CT molecular complexity index is 462. The van der Waals surface area contributed by atoms with E-state index < -0.39 is 0 Å². The van der Waals surface area contributed by atoms with E-state index >= 15 is 0 Å². The third-order valence-electron chi connectivity index (χ3n) is 2.08. The Morgan fingerprint density at radius 2 is 1.62 bits per heavy atom. The van der Waals surface area contributed by atoms with Crippen molar-refractivity contribution in [2.24, 2.45) is 21.1 Å². The Kier molecular flexibility index (Phi) is 22.6. The number of aldehydes is 1. The van der Waals surface area contributed by atoms with Crippen LogP contribution in [0.2, 0.25) is 0 Å². The van der Waals surface area contributed by atoms with E-state index in [9.17, 15) is 14.4 Å². The van der Waals surface area contributed by atoms with E-state index in [1.54, 1.807) is 20.1 Å². The monoisotopic (exact) mass is 377 g/mol. The van der Waals surface area contributed by atoms with Crippen LogP contribution in [-0.4, -0.2) is 48.8 Å². The lowest BCUT2D eigenvalue weighted by atomic mass is 10.2. The van der Waals surface area contributed by atoms with E-state index in [0.29, 0.717) is 30.4 Å². The van der Waals surface area contributed by atoms with E-state index in [2.05, 4.69) is 29.2 Å². The maximum absolute atomic E-state index is 10.5. The van der Waals surface area contributed by atoms with Crippen LogP contribution in [0.15, 0.2) is 15.1 Å². The fourth-order valence-corrected chi connectivity index (χ4v) is 0.825. The summed E-state index contributed by atoms with van der Waals surface area (Å²) in [5.41, 5.74) is 0.631. The first-order valence-electron chi connectivity index (χ1n) is 7.20. The number of carbonyl (C=O) groups excluding carboxylic acids is 3. The Balaban J connectivity index is -0.000000285. The van der Waals surface area contributed by atoms with Gasteiger partial charge in [-0.15, -0.1) is 0 Å². The van der Waals surface area contributed by atoms with Crippen molar-refractivity contribution in [3.63, 3.8) is 0 Å². The Hall–Kier alpha value is -1.32. The quantitative estimate of drug-likeness (QED) is 0.295. The third kappa shape index (κ3) is 25.6. The molecule has 138 valence electrons. The van der Waals surface area contributed by atoms with Crippen molar-refractivity contribution in [3.05, 3.63) is 0 Å². The minimum Gasteiger partial charge on any atom is -0.399 e. The van der Waals surface area contributed by atoms with Gasteiger partial charge in [0, 0.05) is 6.42 Å². The van der Waals surface area contributed by atoms with E-state index in [-0.39, 0.29) is 11.0 Å². The van der Waals surface area contributed by atoms with Gasteiger partial charge in [0.25, 0.3) is 0 Å². The molecule has 0 aliphatic rings. The number of aliphatic imine (C=N–C) groups is 2. The molecule has 2 atom stereocenters. The zero-order chi connectivity index (χ0) is 19.5. The highest BCUT2D eigenvalue weighted by atomic mass is 31.0. The van der Waals surface area contributed by atoms with Gasteiger partial charge in [0.1, 0.15) is 25.8 Å². The topological polar surface area (TPSA) is 97.5 Å². The maximum atomic E-state index is 10.5. The van der Waals surface area contributed by atoms with Gasteiger partial charge in [0.15, 0.2) is 11.0 Å². The number of rotatable bonds is 7. The smallest absolute Gasteiger partial charge is 0.195 e. The molecule has 0 heterocycles. The molecule has 0 aromatic carbocycles. The molecule has 0 spiro atoms. The van der Waals surface area contributed by atoms with Crippen LogP contribution in [0.3, 0.4) is 0 Å². The number of hydrogen-bond donors (Lipinski definition) is 0. The van der Waals surface area contributed by atoms with Crippen LogP contribution in [-0.2, 0) is 19.2 Å². The number of oxime groups is 1. The molecule has 0 bridgehead atoms. The molecule has 9 heteroatoms. The van der Waals surface area contributed by atoms with E-state index in [4.69, 9.17) is 0 Å². The van der Waals surface area contributed by atoms with Gasteiger partial charge in [0.2, 0.25) is 0 Å². The molecule has 0 amide bonds. The molecule has 7 nitrogen and oxygen atoms in total. The van der Waals surface area contributed by atoms with Crippen LogP contribution in [0.25, 0.3) is 0 Å². The SMILES string of the molecule is CC(C)CC=O.CC=NCN=C(C)C(=O)P.CO/N=C(/C)C(=O)P. The van der Waals surface area contributed by atoms with Crippen molar-refractivity contribution in [3.8, 4) is 0 Å². The van der Waals surface area contributed by atoms with Crippen molar-refractivity contribution >= 4 is 53.5 Å². The van der Waals surface area contributed by atoms with Gasteiger partial charge < -0.3 is 9.63 Å².